The van der Waals surface area contributed by atoms with Gasteiger partial charge in [-0.25, -0.2) is 4.98 Å². The van der Waals surface area contributed by atoms with E-state index < -0.39 is 0 Å². The first-order valence-electron chi connectivity index (χ1n) is 4.58. The zero-order valence-corrected chi connectivity index (χ0v) is 8.22. The van der Waals surface area contributed by atoms with Crippen LogP contribution in [0.3, 0.4) is 0 Å². The zero-order valence-electron chi connectivity index (χ0n) is 8.22. The molecule has 0 saturated heterocycles. The first kappa shape index (κ1) is 8.30. The van der Waals surface area contributed by atoms with Crippen LogP contribution in [0.15, 0.2) is 16.5 Å². The second-order valence-corrected chi connectivity index (χ2v) is 3.32. The minimum Gasteiger partial charge on any atom is -0.440 e. The molecule has 0 spiro atoms. The van der Waals surface area contributed by atoms with Gasteiger partial charge in [0.2, 0.25) is 0 Å². The van der Waals surface area contributed by atoms with Gasteiger partial charge in [-0.05, 0) is 31.0 Å². The number of rotatable bonds is 1. The van der Waals surface area contributed by atoms with Crippen molar-refractivity contribution in [3.63, 3.8) is 0 Å². The van der Waals surface area contributed by atoms with E-state index in [1.165, 1.54) is 11.1 Å². The quantitative estimate of drug-likeness (QED) is 0.665. The van der Waals surface area contributed by atoms with Crippen LogP contribution in [-0.2, 0) is 6.42 Å². The molecule has 0 radical (unpaired) electrons. The van der Waals surface area contributed by atoms with E-state index in [2.05, 4.69) is 24.9 Å². The topological polar surface area (TPSA) is 26.0 Å². The lowest BCUT2D eigenvalue weighted by molar-refractivity contribution is 0.536. The van der Waals surface area contributed by atoms with Gasteiger partial charge in [-0.1, -0.05) is 13.0 Å². The molecule has 0 fully saturated rings. The Balaban J connectivity index is 2.76. The number of hydrogen-bond donors (Lipinski definition) is 0. The lowest BCUT2D eigenvalue weighted by Gasteiger charge is -1.97. The number of oxazole rings is 1. The van der Waals surface area contributed by atoms with Gasteiger partial charge in [0, 0.05) is 6.42 Å². The second-order valence-electron chi connectivity index (χ2n) is 3.32. The fourth-order valence-corrected chi connectivity index (χ4v) is 1.42. The molecule has 1 aromatic heterocycles. The molecule has 2 nitrogen and oxygen atoms in total. The second kappa shape index (κ2) is 2.87. The number of nitrogens with zero attached hydrogens (tertiary/aromatic N) is 1. The summed E-state index contributed by atoms with van der Waals surface area (Å²) in [5, 5.41) is 0. The molecule has 0 aliphatic carbocycles. The van der Waals surface area contributed by atoms with Gasteiger partial charge in [0.1, 0.15) is 5.52 Å². The highest BCUT2D eigenvalue weighted by Gasteiger charge is 2.07. The maximum absolute atomic E-state index is 5.62. The first-order valence-corrected chi connectivity index (χ1v) is 4.58. The van der Waals surface area contributed by atoms with Crippen molar-refractivity contribution in [2.24, 2.45) is 0 Å². The summed E-state index contributed by atoms with van der Waals surface area (Å²) in [4.78, 5) is 4.37. The van der Waals surface area contributed by atoms with Gasteiger partial charge in [0.15, 0.2) is 11.5 Å². The minimum absolute atomic E-state index is 0.823. The van der Waals surface area contributed by atoms with Gasteiger partial charge in [0.05, 0.1) is 0 Å². The van der Waals surface area contributed by atoms with Crippen molar-refractivity contribution in [2.75, 3.05) is 0 Å². The summed E-state index contributed by atoms with van der Waals surface area (Å²) in [6.45, 7) is 6.21. The normalized spacial score (nSPS) is 11.0. The van der Waals surface area contributed by atoms with E-state index in [-0.39, 0.29) is 0 Å². The fourth-order valence-electron chi connectivity index (χ4n) is 1.42. The van der Waals surface area contributed by atoms with E-state index >= 15 is 0 Å². The summed E-state index contributed by atoms with van der Waals surface area (Å²) in [6, 6.07) is 4.10. The Labute approximate surface area is 77.6 Å². The van der Waals surface area contributed by atoms with Crippen molar-refractivity contribution in [3.8, 4) is 0 Å². The van der Waals surface area contributed by atoms with Gasteiger partial charge in [-0.15, -0.1) is 0 Å². The van der Waals surface area contributed by atoms with Crippen LogP contribution < -0.4 is 0 Å². The Morgan fingerprint density at radius 2 is 2.08 bits per heavy atom. The molecule has 0 aliphatic heterocycles. The highest BCUT2D eigenvalue weighted by Crippen LogP contribution is 2.22. The van der Waals surface area contributed by atoms with Crippen LogP contribution in [0.25, 0.3) is 11.1 Å². The van der Waals surface area contributed by atoms with Gasteiger partial charge in [-0.3, -0.25) is 0 Å². The number of aryl methyl sites for hydroxylation is 3. The summed E-state index contributed by atoms with van der Waals surface area (Å²) >= 11 is 0. The van der Waals surface area contributed by atoms with Gasteiger partial charge >= 0.3 is 0 Å². The summed E-state index contributed by atoms with van der Waals surface area (Å²) in [6.07, 6.45) is 0.854. The third-order valence-electron chi connectivity index (χ3n) is 2.42. The SMILES string of the molecule is CCc1nc2ccc(C)c(C)c2o1. The van der Waals surface area contributed by atoms with E-state index in [9.17, 15) is 0 Å². The Hall–Kier alpha value is -1.31. The summed E-state index contributed by atoms with van der Waals surface area (Å²) in [7, 11) is 0. The summed E-state index contributed by atoms with van der Waals surface area (Å²) in [5.74, 6) is 0.823. The lowest BCUT2D eigenvalue weighted by atomic mass is 10.1. The molecule has 0 atom stereocenters. The van der Waals surface area contributed by atoms with E-state index in [0.717, 1.165) is 23.4 Å². The largest absolute Gasteiger partial charge is 0.440 e. The van der Waals surface area contributed by atoms with Crippen molar-refractivity contribution in [3.05, 3.63) is 29.2 Å². The molecule has 0 unspecified atom stereocenters. The van der Waals surface area contributed by atoms with Crippen LogP contribution in [0.4, 0.5) is 0 Å². The molecule has 0 amide bonds. The molecular weight excluding hydrogens is 162 g/mol. The molecule has 2 rings (SSSR count). The highest BCUT2D eigenvalue weighted by molar-refractivity contribution is 5.77. The number of aromatic nitrogens is 1. The fraction of sp³-hybridized carbons (Fsp3) is 0.364. The average molecular weight is 175 g/mol. The highest BCUT2D eigenvalue weighted by atomic mass is 16.3. The van der Waals surface area contributed by atoms with Crippen molar-refractivity contribution in [1.29, 1.82) is 0 Å². The van der Waals surface area contributed by atoms with Crippen molar-refractivity contribution in [1.82, 2.24) is 4.98 Å². The molecule has 0 saturated carbocycles. The molecule has 0 N–H and O–H groups in total. The summed E-state index contributed by atoms with van der Waals surface area (Å²) < 4.78 is 5.62. The van der Waals surface area contributed by atoms with Crippen molar-refractivity contribution in [2.45, 2.75) is 27.2 Å². The average Bonchev–Trinajstić information content (AvgIpc) is 2.55. The standard InChI is InChI=1S/C11H13NO/c1-4-10-12-9-6-5-7(2)8(3)11(9)13-10/h5-6H,4H2,1-3H3. The predicted octanol–water partition coefficient (Wildman–Crippen LogP) is 3.01. The Bertz CT molecular complexity index is 443. The third-order valence-corrected chi connectivity index (χ3v) is 2.42. The molecule has 0 bridgehead atoms. The van der Waals surface area contributed by atoms with Crippen LogP contribution in [0.1, 0.15) is 23.9 Å². The minimum atomic E-state index is 0.823. The van der Waals surface area contributed by atoms with Crippen LogP contribution in [0, 0.1) is 13.8 Å². The summed E-state index contributed by atoms with van der Waals surface area (Å²) in [5.41, 5.74) is 4.37. The molecule has 0 aliphatic rings. The van der Waals surface area contributed by atoms with Gasteiger partial charge in [0.25, 0.3) is 0 Å². The number of benzene rings is 1. The lowest BCUT2D eigenvalue weighted by Crippen LogP contribution is -1.79. The molecule has 13 heavy (non-hydrogen) atoms. The monoisotopic (exact) mass is 175 g/mol. The van der Waals surface area contributed by atoms with Crippen LogP contribution in [-0.4, -0.2) is 4.98 Å². The van der Waals surface area contributed by atoms with E-state index in [1.54, 1.807) is 0 Å². The molecule has 2 heteroatoms. The van der Waals surface area contributed by atoms with E-state index in [0.29, 0.717) is 0 Å². The maximum Gasteiger partial charge on any atom is 0.195 e. The predicted molar refractivity (Wildman–Crippen MR) is 52.9 cm³/mol. The number of hydrogen-bond acceptors (Lipinski definition) is 2. The molecule has 1 heterocycles. The smallest absolute Gasteiger partial charge is 0.195 e. The maximum atomic E-state index is 5.62. The van der Waals surface area contributed by atoms with E-state index in [1.807, 2.05) is 13.0 Å². The molecule has 1 aromatic carbocycles. The van der Waals surface area contributed by atoms with Gasteiger partial charge < -0.3 is 4.42 Å². The Morgan fingerprint density at radius 3 is 2.77 bits per heavy atom. The molecule has 68 valence electrons. The molecule has 2 aromatic rings. The number of fused-ring (bicyclic) bond motifs is 1. The van der Waals surface area contributed by atoms with Crippen LogP contribution in [0.2, 0.25) is 0 Å². The first-order chi connectivity index (χ1) is 6.22. The Kier molecular flexibility index (Phi) is 1.83. The zero-order chi connectivity index (χ0) is 9.42. The van der Waals surface area contributed by atoms with Crippen molar-refractivity contribution >= 4 is 11.1 Å². The van der Waals surface area contributed by atoms with Crippen molar-refractivity contribution < 1.29 is 4.42 Å². The van der Waals surface area contributed by atoms with Gasteiger partial charge in [-0.2, -0.15) is 0 Å². The third kappa shape index (κ3) is 1.22. The van der Waals surface area contributed by atoms with E-state index in [4.69, 9.17) is 4.42 Å². The van der Waals surface area contributed by atoms with Crippen LogP contribution >= 0.6 is 0 Å². The van der Waals surface area contributed by atoms with Crippen LogP contribution in [0.5, 0.6) is 0 Å². The molecular formula is C11H13NO. The Morgan fingerprint density at radius 1 is 1.31 bits per heavy atom.